The second-order valence-corrected chi connectivity index (χ2v) is 5.83. The molecular formula is C13H24N2O2. The molecule has 2 fully saturated rings. The Hall–Kier alpha value is -0.610. The van der Waals surface area contributed by atoms with Crippen molar-refractivity contribution in [3.8, 4) is 0 Å². The van der Waals surface area contributed by atoms with Crippen LogP contribution in [0.1, 0.15) is 40.0 Å². The van der Waals surface area contributed by atoms with E-state index >= 15 is 0 Å². The average Bonchev–Trinajstić information content (AvgIpc) is 2.60. The summed E-state index contributed by atoms with van der Waals surface area (Å²) in [6.45, 7) is 8.02. The van der Waals surface area contributed by atoms with Crippen LogP contribution >= 0.6 is 0 Å². The van der Waals surface area contributed by atoms with Crippen LogP contribution in [0.5, 0.6) is 0 Å². The number of hydrogen-bond donors (Lipinski definition) is 0. The standard InChI is InChI=1S/C13H24N2O2/c1-10(2)15(16)12-9-13(17-11(12)3)5-7-14(4)8-6-13/h10-11H,5-9H2,1-4H3/b15-12-. The summed E-state index contributed by atoms with van der Waals surface area (Å²) in [5.74, 6) is 0. The fourth-order valence-corrected chi connectivity index (χ4v) is 2.87. The van der Waals surface area contributed by atoms with Crippen LogP contribution < -0.4 is 0 Å². The zero-order valence-corrected chi connectivity index (χ0v) is 11.4. The molecule has 2 aliphatic rings. The smallest absolute Gasteiger partial charge is 0.195 e. The van der Waals surface area contributed by atoms with Crippen LogP contribution in [-0.4, -0.2) is 53.2 Å². The normalized spacial score (nSPS) is 32.4. The molecule has 1 spiro atoms. The lowest BCUT2D eigenvalue weighted by Crippen LogP contribution is -2.42. The van der Waals surface area contributed by atoms with Crippen molar-refractivity contribution in [2.45, 2.75) is 57.8 Å². The molecule has 0 amide bonds. The molecule has 0 radical (unpaired) electrons. The minimum atomic E-state index is -0.0567. The third-order valence-corrected chi connectivity index (χ3v) is 4.05. The SMILES string of the molecule is CC1OC2(CCN(C)CC2)C/C1=[N+](/[O-])C(C)C. The Morgan fingerprint density at radius 2 is 2.00 bits per heavy atom. The van der Waals surface area contributed by atoms with Crippen molar-refractivity contribution < 1.29 is 9.48 Å². The van der Waals surface area contributed by atoms with Gasteiger partial charge in [0.15, 0.2) is 11.8 Å². The molecule has 0 bridgehead atoms. The van der Waals surface area contributed by atoms with Gasteiger partial charge in [0, 0.05) is 13.1 Å². The van der Waals surface area contributed by atoms with E-state index in [4.69, 9.17) is 4.74 Å². The minimum absolute atomic E-state index is 0.0115. The summed E-state index contributed by atoms with van der Waals surface area (Å²) >= 11 is 0. The Balaban J connectivity index is 2.14. The summed E-state index contributed by atoms with van der Waals surface area (Å²) in [7, 11) is 2.14. The van der Waals surface area contributed by atoms with Crippen LogP contribution in [0.3, 0.4) is 0 Å². The van der Waals surface area contributed by atoms with Gasteiger partial charge in [-0.3, -0.25) is 0 Å². The molecule has 2 saturated heterocycles. The zero-order valence-electron chi connectivity index (χ0n) is 11.4. The molecule has 2 rings (SSSR count). The molecule has 2 aliphatic heterocycles. The van der Waals surface area contributed by atoms with Crippen molar-refractivity contribution in [3.05, 3.63) is 5.21 Å². The van der Waals surface area contributed by atoms with Gasteiger partial charge in [-0.15, -0.1) is 0 Å². The summed E-state index contributed by atoms with van der Waals surface area (Å²) in [5.41, 5.74) is 0.878. The van der Waals surface area contributed by atoms with E-state index in [2.05, 4.69) is 11.9 Å². The second-order valence-electron chi connectivity index (χ2n) is 5.83. The number of nitrogens with zero attached hydrogens (tertiary/aromatic N) is 2. The third-order valence-electron chi connectivity index (χ3n) is 4.05. The van der Waals surface area contributed by atoms with Gasteiger partial charge in [-0.25, -0.2) is 4.74 Å². The maximum atomic E-state index is 12.0. The molecule has 0 N–H and O–H groups in total. The minimum Gasteiger partial charge on any atom is -0.624 e. The van der Waals surface area contributed by atoms with Gasteiger partial charge in [-0.05, 0) is 40.7 Å². The number of ether oxygens (including phenoxy) is 1. The lowest BCUT2D eigenvalue weighted by Gasteiger charge is -2.36. The van der Waals surface area contributed by atoms with E-state index in [0.29, 0.717) is 0 Å². The van der Waals surface area contributed by atoms with E-state index < -0.39 is 0 Å². The van der Waals surface area contributed by atoms with Crippen LogP contribution in [0.4, 0.5) is 0 Å². The van der Waals surface area contributed by atoms with E-state index in [1.54, 1.807) is 0 Å². The van der Waals surface area contributed by atoms with Crippen molar-refractivity contribution in [1.29, 1.82) is 0 Å². The molecule has 2 heterocycles. The first-order valence-corrected chi connectivity index (χ1v) is 6.62. The molecule has 4 nitrogen and oxygen atoms in total. The van der Waals surface area contributed by atoms with Crippen molar-refractivity contribution in [1.82, 2.24) is 4.90 Å². The predicted molar refractivity (Wildman–Crippen MR) is 68.4 cm³/mol. The zero-order chi connectivity index (χ0) is 12.6. The average molecular weight is 240 g/mol. The van der Waals surface area contributed by atoms with Gasteiger partial charge in [-0.2, -0.15) is 0 Å². The largest absolute Gasteiger partial charge is 0.624 e. The Morgan fingerprint density at radius 1 is 1.41 bits per heavy atom. The first-order chi connectivity index (χ1) is 7.93. The maximum absolute atomic E-state index is 12.0. The first kappa shape index (κ1) is 12.8. The highest BCUT2D eigenvalue weighted by molar-refractivity contribution is 5.87. The topological polar surface area (TPSA) is 38.5 Å². The van der Waals surface area contributed by atoms with E-state index in [9.17, 15) is 5.21 Å². The van der Waals surface area contributed by atoms with Crippen molar-refractivity contribution in [2.75, 3.05) is 20.1 Å². The quantitative estimate of drug-likeness (QED) is 0.397. The summed E-state index contributed by atoms with van der Waals surface area (Å²) < 4.78 is 7.27. The van der Waals surface area contributed by atoms with Crippen molar-refractivity contribution in [2.24, 2.45) is 0 Å². The molecule has 0 saturated carbocycles. The predicted octanol–water partition coefficient (Wildman–Crippen LogP) is 1.62. The molecule has 1 unspecified atom stereocenters. The Kier molecular flexibility index (Phi) is 3.46. The van der Waals surface area contributed by atoms with Crippen LogP contribution in [0.2, 0.25) is 0 Å². The molecule has 0 aromatic carbocycles. The van der Waals surface area contributed by atoms with Crippen molar-refractivity contribution in [3.63, 3.8) is 0 Å². The number of hydrogen-bond acceptors (Lipinski definition) is 3. The molecule has 4 heteroatoms. The lowest BCUT2D eigenvalue weighted by molar-refractivity contribution is -0.494. The second kappa shape index (κ2) is 4.58. The van der Waals surface area contributed by atoms with Crippen LogP contribution in [-0.2, 0) is 4.74 Å². The van der Waals surface area contributed by atoms with Gasteiger partial charge < -0.3 is 14.8 Å². The number of hydroxylamine groups is 1. The third kappa shape index (κ3) is 2.47. The number of piperidine rings is 1. The summed E-state index contributed by atoms with van der Waals surface area (Å²) in [6.07, 6.45) is 2.90. The molecule has 98 valence electrons. The van der Waals surface area contributed by atoms with Gasteiger partial charge in [0.2, 0.25) is 0 Å². The van der Waals surface area contributed by atoms with E-state index in [1.165, 1.54) is 0 Å². The summed E-state index contributed by atoms with van der Waals surface area (Å²) in [6, 6.07) is 0.0115. The van der Waals surface area contributed by atoms with Crippen LogP contribution in [0, 0.1) is 5.21 Å². The molecule has 0 aliphatic carbocycles. The number of rotatable bonds is 1. The molecule has 0 aromatic rings. The Bertz CT molecular complexity index is 317. The highest BCUT2D eigenvalue weighted by atomic mass is 16.5. The monoisotopic (exact) mass is 240 g/mol. The van der Waals surface area contributed by atoms with Crippen LogP contribution in [0.15, 0.2) is 0 Å². The lowest BCUT2D eigenvalue weighted by atomic mass is 9.88. The maximum Gasteiger partial charge on any atom is 0.195 e. The fraction of sp³-hybridized carbons (Fsp3) is 0.923. The highest BCUT2D eigenvalue weighted by Gasteiger charge is 2.47. The molecule has 0 aromatic heterocycles. The fourth-order valence-electron chi connectivity index (χ4n) is 2.87. The van der Waals surface area contributed by atoms with Gasteiger partial charge >= 0.3 is 0 Å². The molecular weight excluding hydrogens is 216 g/mol. The van der Waals surface area contributed by atoms with E-state index in [0.717, 1.165) is 42.8 Å². The van der Waals surface area contributed by atoms with Gasteiger partial charge in [-0.1, -0.05) is 0 Å². The van der Waals surface area contributed by atoms with E-state index in [-0.39, 0.29) is 17.7 Å². The van der Waals surface area contributed by atoms with Gasteiger partial charge in [0.05, 0.1) is 12.0 Å². The Labute approximate surface area is 104 Å². The molecule has 1 atom stereocenters. The number of likely N-dealkylation sites (tertiary alicyclic amines) is 1. The van der Waals surface area contributed by atoms with Gasteiger partial charge in [0.1, 0.15) is 6.10 Å². The summed E-state index contributed by atoms with van der Waals surface area (Å²) in [4.78, 5) is 2.33. The molecule has 17 heavy (non-hydrogen) atoms. The Morgan fingerprint density at radius 3 is 2.53 bits per heavy atom. The van der Waals surface area contributed by atoms with Gasteiger partial charge in [0.25, 0.3) is 0 Å². The van der Waals surface area contributed by atoms with E-state index in [1.807, 2.05) is 20.8 Å². The first-order valence-electron chi connectivity index (χ1n) is 6.62. The van der Waals surface area contributed by atoms with Crippen molar-refractivity contribution >= 4 is 5.71 Å². The summed E-state index contributed by atoms with van der Waals surface area (Å²) in [5, 5.41) is 12.0. The highest BCUT2D eigenvalue weighted by Crippen LogP contribution is 2.37. The van der Waals surface area contributed by atoms with Crippen LogP contribution in [0.25, 0.3) is 0 Å².